The van der Waals surface area contributed by atoms with Gasteiger partial charge < -0.3 is 30.5 Å². The summed E-state index contributed by atoms with van der Waals surface area (Å²) in [7, 11) is 1.89. The average molecular weight is 406 g/mol. The van der Waals surface area contributed by atoms with Crippen LogP contribution in [0.2, 0.25) is 0 Å². The summed E-state index contributed by atoms with van der Waals surface area (Å²) in [5, 5.41) is 44.1. The van der Waals surface area contributed by atoms with Crippen molar-refractivity contribution < 1.29 is 30.0 Å². The van der Waals surface area contributed by atoms with Gasteiger partial charge in [-0.1, -0.05) is 34.6 Å². The lowest BCUT2D eigenvalue weighted by Crippen LogP contribution is -2.46. The number of ether oxygens (including phenoxy) is 1. The number of aliphatic hydroxyl groups is 4. The van der Waals surface area contributed by atoms with E-state index in [1.165, 1.54) is 6.92 Å². The number of esters is 1. The lowest BCUT2D eigenvalue weighted by molar-refractivity contribution is -0.170. The maximum absolute atomic E-state index is 12.5. The van der Waals surface area contributed by atoms with Crippen LogP contribution in [0, 0.1) is 23.2 Å². The fraction of sp³-hybridized carbons (Fsp3) is 0.952. The van der Waals surface area contributed by atoms with Crippen molar-refractivity contribution in [1.82, 2.24) is 5.32 Å². The summed E-state index contributed by atoms with van der Waals surface area (Å²) in [4.78, 5) is 12.5. The summed E-state index contributed by atoms with van der Waals surface area (Å²) < 4.78 is 5.32. The molecule has 0 bridgehead atoms. The van der Waals surface area contributed by atoms with Crippen molar-refractivity contribution in [2.75, 3.05) is 13.6 Å². The summed E-state index contributed by atoms with van der Waals surface area (Å²) in [6.07, 6.45) is -3.85. The molecular weight excluding hydrogens is 362 g/mol. The third-order valence-electron chi connectivity index (χ3n) is 5.69. The second-order valence-corrected chi connectivity index (χ2v) is 9.05. The van der Waals surface area contributed by atoms with Gasteiger partial charge in [0.1, 0.15) is 12.2 Å². The summed E-state index contributed by atoms with van der Waals surface area (Å²) in [6, 6.07) is 0. The molecule has 7 nitrogen and oxygen atoms in total. The highest BCUT2D eigenvalue weighted by molar-refractivity contribution is 5.73. The Morgan fingerprint density at radius 2 is 1.57 bits per heavy atom. The Morgan fingerprint density at radius 1 is 1.04 bits per heavy atom. The smallest absolute Gasteiger partial charge is 0.311 e. The standard InChI is InChI=1S/C21H43NO6/c1-9-16(18(25)15(5)23)28-20(27)14(4)17(24)13(3)19(26)21(6,7)10-12(2)11-22-8/h12-19,22-26H,9-11H2,1-8H3/t12-,13+,14?,15?,16-,17+,18?,19-/m1/s1. The van der Waals surface area contributed by atoms with Gasteiger partial charge in [0, 0.05) is 5.92 Å². The van der Waals surface area contributed by atoms with Gasteiger partial charge in [-0.3, -0.25) is 4.79 Å². The zero-order valence-corrected chi connectivity index (χ0v) is 18.8. The molecule has 28 heavy (non-hydrogen) atoms. The Balaban J connectivity index is 5.03. The normalized spacial score (nSPS) is 21.1. The summed E-state index contributed by atoms with van der Waals surface area (Å²) in [5.41, 5.74) is -0.436. The van der Waals surface area contributed by atoms with Crippen molar-refractivity contribution in [3.8, 4) is 0 Å². The van der Waals surface area contributed by atoms with Crippen LogP contribution in [0.15, 0.2) is 0 Å². The molecule has 0 saturated heterocycles. The predicted octanol–water partition coefficient (Wildman–Crippen LogP) is 1.32. The van der Waals surface area contributed by atoms with Crippen LogP contribution in [-0.2, 0) is 9.53 Å². The number of aliphatic hydroxyl groups excluding tert-OH is 4. The second kappa shape index (κ2) is 12.1. The van der Waals surface area contributed by atoms with Gasteiger partial charge in [-0.15, -0.1) is 0 Å². The number of nitrogens with one attached hydrogen (secondary N) is 1. The van der Waals surface area contributed by atoms with Gasteiger partial charge in [0.05, 0.1) is 24.2 Å². The summed E-state index contributed by atoms with van der Waals surface area (Å²) in [5.74, 6) is -1.71. The molecule has 0 aromatic rings. The molecule has 0 aromatic heterocycles. The van der Waals surface area contributed by atoms with Crippen LogP contribution in [0.4, 0.5) is 0 Å². The topological polar surface area (TPSA) is 119 Å². The Hall–Kier alpha value is -0.730. The van der Waals surface area contributed by atoms with Crippen molar-refractivity contribution >= 4 is 5.97 Å². The van der Waals surface area contributed by atoms with Crippen molar-refractivity contribution in [2.24, 2.45) is 23.2 Å². The maximum atomic E-state index is 12.5. The second-order valence-electron chi connectivity index (χ2n) is 9.05. The van der Waals surface area contributed by atoms with E-state index in [-0.39, 0.29) is 0 Å². The third kappa shape index (κ3) is 7.95. The molecule has 5 N–H and O–H groups in total. The van der Waals surface area contributed by atoms with E-state index in [9.17, 15) is 25.2 Å². The zero-order chi connectivity index (χ0) is 22.2. The van der Waals surface area contributed by atoms with Crippen LogP contribution in [0.3, 0.4) is 0 Å². The lowest BCUT2D eigenvalue weighted by Gasteiger charge is -2.39. The van der Waals surface area contributed by atoms with E-state index in [1.54, 1.807) is 20.8 Å². The number of hydrogen-bond donors (Lipinski definition) is 5. The monoisotopic (exact) mass is 405 g/mol. The minimum absolute atomic E-state index is 0.342. The molecule has 3 unspecified atom stereocenters. The van der Waals surface area contributed by atoms with Crippen molar-refractivity contribution in [3.05, 3.63) is 0 Å². The molecule has 0 aliphatic rings. The van der Waals surface area contributed by atoms with E-state index in [1.807, 2.05) is 20.9 Å². The molecule has 0 aliphatic carbocycles. The lowest BCUT2D eigenvalue weighted by atomic mass is 9.72. The molecule has 0 radical (unpaired) electrons. The van der Waals surface area contributed by atoms with Gasteiger partial charge >= 0.3 is 5.97 Å². The third-order valence-corrected chi connectivity index (χ3v) is 5.69. The molecule has 0 amide bonds. The van der Waals surface area contributed by atoms with Gasteiger partial charge in [0.2, 0.25) is 0 Å². The highest BCUT2D eigenvalue weighted by Gasteiger charge is 2.40. The van der Waals surface area contributed by atoms with Crippen LogP contribution >= 0.6 is 0 Å². The fourth-order valence-electron chi connectivity index (χ4n) is 3.89. The van der Waals surface area contributed by atoms with Crippen LogP contribution in [0.25, 0.3) is 0 Å². The molecule has 0 heterocycles. The van der Waals surface area contributed by atoms with Crippen LogP contribution in [-0.4, -0.2) is 70.5 Å². The first kappa shape index (κ1) is 27.3. The zero-order valence-electron chi connectivity index (χ0n) is 18.8. The molecule has 8 atom stereocenters. The number of carbonyl (C=O) groups is 1. The number of hydrogen-bond acceptors (Lipinski definition) is 7. The van der Waals surface area contributed by atoms with E-state index in [0.717, 1.165) is 13.0 Å². The van der Waals surface area contributed by atoms with Crippen LogP contribution in [0.5, 0.6) is 0 Å². The van der Waals surface area contributed by atoms with Crippen LogP contribution < -0.4 is 5.32 Å². The number of carbonyl (C=O) groups excluding carboxylic acids is 1. The molecule has 0 fully saturated rings. The first-order valence-electron chi connectivity index (χ1n) is 10.4. The Labute approximate surface area is 170 Å². The highest BCUT2D eigenvalue weighted by atomic mass is 16.6. The van der Waals surface area contributed by atoms with E-state index in [0.29, 0.717) is 12.3 Å². The minimum atomic E-state index is -1.19. The average Bonchev–Trinajstić information content (AvgIpc) is 2.62. The van der Waals surface area contributed by atoms with Crippen molar-refractivity contribution in [2.45, 2.75) is 91.8 Å². The van der Waals surface area contributed by atoms with E-state index >= 15 is 0 Å². The molecule has 0 aromatic carbocycles. The first-order chi connectivity index (χ1) is 12.8. The minimum Gasteiger partial charge on any atom is -0.459 e. The van der Waals surface area contributed by atoms with E-state index < -0.39 is 53.7 Å². The van der Waals surface area contributed by atoms with Gasteiger partial charge in [0.25, 0.3) is 0 Å². The molecule has 168 valence electrons. The molecule has 0 rings (SSSR count). The molecular formula is C21H43NO6. The first-order valence-corrected chi connectivity index (χ1v) is 10.4. The van der Waals surface area contributed by atoms with Crippen molar-refractivity contribution in [3.63, 3.8) is 0 Å². The van der Waals surface area contributed by atoms with Gasteiger partial charge in [0.15, 0.2) is 0 Å². The largest absolute Gasteiger partial charge is 0.459 e. The van der Waals surface area contributed by atoms with Gasteiger partial charge in [-0.25, -0.2) is 0 Å². The molecule has 0 spiro atoms. The highest BCUT2D eigenvalue weighted by Crippen LogP contribution is 2.35. The number of rotatable bonds is 13. The Bertz CT molecular complexity index is 456. The Morgan fingerprint density at radius 3 is 2.00 bits per heavy atom. The summed E-state index contributed by atoms with van der Waals surface area (Å²) in [6.45, 7) is 13.3. The summed E-state index contributed by atoms with van der Waals surface area (Å²) >= 11 is 0. The van der Waals surface area contributed by atoms with Gasteiger partial charge in [-0.2, -0.15) is 0 Å². The quantitative estimate of drug-likeness (QED) is 0.293. The Kier molecular flexibility index (Phi) is 11.8. The fourth-order valence-corrected chi connectivity index (χ4v) is 3.89. The predicted molar refractivity (Wildman–Crippen MR) is 110 cm³/mol. The van der Waals surface area contributed by atoms with Gasteiger partial charge in [-0.05, 0) is 51.6 Å². The van der Waals surface area contributed by atoms with E-state index in [2.05, 4.69) is 12.2 Å². The molecule has 0 saturated carbocycles. The molecule has 0 aliphatic heterocycles. The SMILES string of the molecule is CC[C@@H](OC(=O)C(C)[C@@H](O)[C@H](C)[C@@H](O)C(C)(C)C[C@@H](C)CNC)C(O)C(C)O. The van der Waals surface area contributed by atoms with Crippen LogP contribution in [0.1, 0.15) is 61.3 Å². The maximum Gasteiger partial charge on any atom is 0.311 e. The van der Waals surface area contributed by atoms with Crippen molar-refractivity contribution in [1.29, 1.82) is 0 Å². The van der Waals surface area contributed by atoms with E-state index in [4.69, 9.17) is 4.74 Å². The molecule has 7 heteroatoms.